The van der Waals surface area contributed by atoms with Gasteiger partial charge < -0.3 is 14.4 Å². The number of para-hydroxylation sites is 1. The monoisotopic (exact) mass is 234 g/mol. The van der Waals surface area contributed by atoms with E-state index in [0.29, 0.717) is 23.4 Å². The molecule has 2 aromatic rings. The van der Waals surface area contributed by atoms with E-state index in [1.54, 1.807) is 12.1 Å². The number of oxazole rings is 1. The first-order valence-corrected chi connectivity index (χ1v) is 5.34. The lowest BCUT2D eigenvalue weighted by atomic mass is 10.2. The quantitative estimate of drug-likeness (QED) is 0.870. The number of carbonyl (C=O) groups is 1. The molecule has 0 radical (unpaired) electrons. The molecule has 17 heavy (non-hydrogen) atoms. The maximum Gasteiger partial charge on any atom is 0.338 e. The van der Waals surface area contributed by atoms with Crippen LogP contribution in [0.5, 0.6) is 0 Å². The molecule has 0 aliphatic rings. The molecule has 0 unspecified atom stereocenters. The van der Waals surface area contributed by atoms with Gasteiger partial charge >= 0.3 is 5.97 Å². The summed E-state index contributed by atoms with van der Waals surface area (Å²) in [4.78, 5) is 17.3. The Hall–Kier alpha value is -1.88. The number of carboxylic acid groups (broad SMARTS) is 1. The average molecular weight is 234 g/mol. The third kappa shape index (κ3) is 2.45. The van der Waals surface area contributed by atoms with E-state index < -0.39 is 5.97 Å². The van der Waals surface area contributed by atoms with Gasteiger partial charge in [-0.05, 0) is 26.2 Å². The van der Waals surface area contributed by atoms with Crippen LogP contribution in [0.15, 0.2) is 22.6 Å². The smallest absolute Gasteiger partial charge is 0.338 e. The first-order valence-electron chi connectivity index (χ1n) is 5.34. The van der Waals surface area contributed by atoms with Crippen molar-refractivity contribution >= 4 is 17.1 Å². The molecule has 0 aliphatic carbocycles. The topological polar surface area (TPSA) is 66.6 Å². The Labute approximate surface area is 98.7 Å². The molecular formula is C12H14N2O3. The van der Waals surface area contributed by atoms with E-state index in [2.05, 4.69) is 4.98 Å². The molecule has 0 saturated heterocycles. The van der Waals surface area contributed by atoms with E-state index in [-0.39, 0.29) is 5.56 Å². The second kappa shape index (κ2) is 4.55. The number of rotatable bonds is 4. The molecule has 0 atom stereocenters. The molecule has 5 heteroatoms. The number of aromatic carboxylic acids is 1. The third-order valence-electron chi connectivity index (χ3n) is 2.47. The number of nitrogens with zero attached hydrogens (tertiary/aromatic N) is 2. The average Bonchev–Trinajstić information content (AvgIpc) is 2.68. The first kappa shape index (κ1) is 11.6. The number of hydrogen-bond acceptors (Lipinski definition) is 4. The van der Waals surface area contributed by atoms with E-state index in [9.17, 15) is 4.79 Å². The fourth-order valence-electron chi connectivity index (χ4n) is 1.59. The van der Waals surface area contributed by atoms with Crippen molar-refractivity contribution in [3.05, 3.63) is 29.7 Å². The molecule has 0 bridgehead atoms. The number of carboxylic acids is 1. The van der Waals surface area contributed by atoms with Gasteiger partial charge in [0, 0.05) is 13.0 Å². The third-order valence-corrected chi connectivity index (χ3v) is 2.47. The van der Waals surface area contributed by atoms with Crippen molar-refractivity contribution in [2.75, 3.05) is 20.6 Å². The van der Waals surface area contributed by atoms with Gasteiger partial charge in [0.2, 0.25) is 0 Å². The zero-order valence-electron chi connectivity index (χ0n) is 9.80. The van der Waals surface area contributed by atoms with Crippen LogP contribution in [-0.4, -0.2) is 41.6 Å². The number of likely N-dealkylation sites (N-methyl/N-ethyl adjacent to an activating group) is 1. The van der Waals surface area contributed by atoms with Crippen LogP contribution in [0.1, 0.15) is 16.2 Å². The van der Waals surface area contributed by atoms with Gasteiger partial charge in [0.1, 0.15) is 5.52 Å². The highest BCUT2D eigenvalue weighted by atomic mass is 16.4. The minimum atomic E-state index is -0.983. The summed E-state index contributed by atoms with van der Waals surface area (Å²) in [6, 6.07) is 4.92. The minimum Gasteiger partial charge on any atom is -0.478 e. The van der Waals surface area contributed by atoms with Crippen molar-refractivity contribution in [3.63, 3.8) is 0 Å². The van der Waals surface area contributed by atoms with E-state index in [0.717, 1.165) is 6.54 Å². The standard InChI is InChI=1S/C12H14N2O3/c1-14(2)7-6-10-13-11-8(12(15)16)4-3-5-9(11)17-10/h3-5H,6-7H2,1-2H3,(H,15,16). The Bertz CT molecular complexity index is 546. The summed E-state index contributed by atoms with van der Waals surface area (Å²) in [7, 11) is 3.93. The highest BCUT2D eigenvalue weighted by Gasteiger charge is 2.14. The molecular weight excluding hydrogens is 220 g/mol. The summed E-state index contributed by atoms with van der Waals surface area (Å²) in [5.74, 6) is -0.412. The molecule has 90 valence electrons. The summed E-state index contributed by atoms with van der Waals surface area (Å²) < 4.78 is 5.51. The van der Waals surface area contributed by atoms with Crippen LogP contribution >= 0.6 is 0 Å². The van der Waals surface area contributed by atoms with Gasteiger partial charge in [-0.3, -0.25) is 0 Å². The van der Waals surface area contributed by atoms with Crippen molar-refractivity contribution in [1.29, 1.82) is 0 Å². The second-order valence-corrected chi connectivity index (χ2v) is 4.12. The fraction of sp³-hybridized carbons (Fsp3) is 0.333. The second-order valence-electron chi connectivity index (χ2n) is 4.12. The molecule has 0 spiro atoms. The molecule has 1 aromatic carbocycles. The van der Waals surface area contributed by atoms with Crippen molar-refractivity contribution < 1.29 is 14.3 Å². The Balaban J connectivity index is 2.36. The van der Waals surface area contributed by atoms with Gasteiger partial charge in [0.25, 0.3) is 0 Å². The van der Waals surface area contributed by atoms with Crippen LogP contribution in [0.2, 0.25) is 0 Å². The fourth-order valence-corrected chi connectivity index (χ4v) is 1.59. The normalized spacial score (nSPS) is 11.2. The highest BCUT2D eigenvalue weighted by molar-refractivity contribution is 6.00. The summed E-state index contributed by atoms with van der Waals surface area (Å²) >= 11 is 0. The Kier molecular flexibility index (Phi) is 3.10. The number of aromatic nitrogens is 1. The summed E-state index contributed by atoms with van der Waals surface area (Å²) in [5.41, 5.74) is 1.13. The summed E-state index contributed by atoms with van der Waals surface area (Å²) in [6.45, 7) is 0.815. The van der Waals surface area contributed by atoms with Crippen molar-refractivity contribution in [3.8, 4) is 0 Å². The molecule has 0 fully saturated rings. The van der Waals surface area contributed by atoms with Crippen molar-refractivity contribution in [1.82, 2.24) is 9.88 Å². The molecule has 1 N–H and O–H groups in total. The molecule has 1 heterocycles. The maximum atomic E-state index is 11.0. The van der Waals surface area contributed by atoms with E-state index in [1.165, 1.54) is 6.07 Å². The van der Waals surface area contributed by atoms with Gasteiger partial charge in [0.05, 0.1) is 5.56 Å². The molecule has 0 amide bonds. The van der Waals surface area contributed by atoms with E-state index in [1.807, 2.05) is 19.0 Å². The van der Waals surface area contributed by atoms with Crippen molar-refractivity contribution in [2.45, 2.75) is 6.42 Å². The molecule has 2 rings (SSSR count). The van der Waals surface area contributed by atoms with Gasteiger partial charge in [-0.25, -0.2) is 9.78 Å². The Morgan fingerprint density at radius 3 is 2.88 bits per heavy atom. The van der Waals surface area contributed by atoms with Crippen LogP contribution in [0, 0.1) is 0 Å². The van der Waals surface area contributed by atoms with Crippen LogP contribution < -0.4 is 0 Å². The predicted octanol–water partition coefficient (Wildman–Crippen LogP) is 1.63. The summed E-state index contributed by atoms with van der Waals surface area (Å²) in [5, 5.41) is 9.02. The van der Waals surface area contributed by atoms with Gasteiger partial charge in [-0.2, -0.15) is 0 Å². The zero-order valence-corrected chi connectivity index (χ0v) is 9.80. The Morgan fingerprint density at radius 2 is 2.24 bits per heavy atom. The van der Waals surface area contributed by atoms with E-state index in [4.69, 9.17) is 9.52 Å². The van der Waals surface area contributed by atoms with Gasteiger partial charge in [0.15, 0.2) is 11.5 Å². The summed E-state index contributed by atoms with van der Waals surface area (Å²) in [6.07, 6.45) is 0.667. The first-order chi connectivity index (χ1) is 8.08. The van der Waals surface area contributed by atoms with Gasteiger partial charge in [-0.1, -0.05) is 6.07 Å². The number of hydrogen-bond donors (Lipinski definition) is 1. The van der Waals surface area contributed by atoms with Crippen LogP contribution in [-0.2, 0) is 6.42 Å². The van der Waals surface area contributed by atoms with Crippen molar-refractivity contribution in [2.24, 2.45) is 0 Å². The molecule has 1 aromatic heterocycles. The molecule has 5 nitrogen and oxygen atoms in total. The van der Waals surface area contributed by atoms with Crippen LogP contribution in [0.4, 0.5) is 0 Å². The van der Waals surface area contributed by atoms with Crippen LogP contribution in [0.25, 0.3) is 11.1 Å². The number of fused-ring (bicyclic) bond motifs is 1. The predicted molar refractivity (Wildman–Crippen MR) is 63.2 cm³/mol. The lowest BCUT2D eigenvalue weighted by molar-refractivity contribution is 0.0699. The Morgan fingerprint density at radius 1 is 1.47 bits per heavy atom. The largest absolute Gasteiger partial charge is 0.478 e. The SMILES string of the molecule is CN(C)CCc1nc2c(C(=O)O)cccc2o1. The number of benzene rings is 1. The minimum absolute atomic E-state index is 0.183. The lowest BCUT2D eigenvalue weighted by Crippen LogP contribution is -2.15. The van der Waals surface area contributed by atoms with Gasteiger partial charge in [-0.15, -0.1) is 0 Å². The molecule has 0 aliphatic heterocycles. The van der Waals surface area contributed by atoms with Crippen LogP contribution in [0.3, 0.4) is 0 Å². The molecule has 0 saturated carbocycles. The van der Waals surface area contributed by atoms with E-state index >= 15 is 0 Å². The zero-order chi connectivity index (χ0) is 12.4. The lowest BCUT2D eigenvalue weighted by Gasteiger charge is -2.05. The highest BCUT2D eigenvalue weighted by Crippen LogP contribution is 2.19. The maximum absolute atomic E-state index is 11.0.